The molecule has 3 nitrogen and oxygen atoms in total. The summed E-state index contributed by atoms with van der Waals surface area (Å²) in [6.07, 6.45) is 11.7. The van der Waals surface area contributed by atoms with Gasteiger partial charge >= 0.3 is 0 Å². The smallest absolute Gasteiger partial charge is 0.220 e. The van der Waals surface area contributed by atoms with Crippen LogP contribution in [0.5, 0.6) is 0 Å². The van der Waals surface area contributed by atoms with E-state index in [9.17, 15) is 4.79 Å². The number of hydrogen-bond acceptors (Lipinski definition) is 2. The van der Waals surface area contributed by atoms with E-state index in [1.807, 2.05) is 0 Å². The van der Waals surface area contributed by atoms with Crippen molar-refractivity contribution in [2.75, 3.05) is 13.2 Å². The number of aliphatic hydroxyl groups is 1. The van der Waals surface area contributed by atoms with Crippen molar-refractivity contribution in [2.45, 2.75) is 71.1 Å². The van der Waals surface area contributed by atoms with Gasteiger partial charge in [0.25, 0.3) is 0 Å². The van der Waals surface area contributed by atoms with Gasteiger partial charge in [-0.25, -0.2) is 0 Å². The molecule has 1 amide bonds. The van der Waals surface area contributed by atoms with Gasteiger partial charge in [0.2, 0.25) is 5.91 Å². The van der Waals surface area contributed by atoms with Crippen LogP contribution >= 0.6 is 0 Å². The molecule has 1 rings (SSSR count). The van der Waals surface area contributed by atoms with Gasteiger partial charge in [0, 0.05) is 19.6 Å². The number of nitrogens with one attached hydrogen (secondary N) is 1. The lowest BCUT2D eigenvalue weighted by atomic mass is 9.86. The monoisotopic (exact) mass is 269 g/mol. The minimum atomic E-state index is 0.187. The van der Waals surface area contributed by atoms with Crippen LogP contribution in [-0.4, -0.2) is 24.2 Å². The van der Waals surface area contributed by atoms with E-state index in [-0.39, 0.29) is 12.5 Å². The average molecular weight is 269 g/mol. The minimum absolute atomic E-state index is 0.187. The van der Waals surface area contributed by atoms with Gasteiger partial charge in [-0.15, -0.1) is 0 Å². The Hall–Kier alpha value is -0.570. The normalized spacial score (nSPS) is 18.2. The van der Waals surface area contributed by atoms with Crippen LogP contribution < -0.4 is 5.32 Å². The van der Waals surface area contributed by atoms with Gasteiger partial charge in [-0.3, -0.25) is 4.79 Å². The van der Waals surface area contributed by atoms with Crippen LogP contribution in [0.2, 0.25) is 0 Å². The van der Waals surface area contributed by atoms with E-state index < -0.39 is 0 Å². The molecule has 112 valence electrons. The van der Waals surface area contributed by atoms with E-state index in [4.69, 9.17) is 5.11 Å². The van der Waals surface area contributed by atoms with Gasteiger partial charge in [0.05, 0.1) is 0 Å². The molecule has 2 N–H and O–H groups in total. The molecule has 0 bridgehead atoms. The number of aliphatic hydroxyl groups excluding tert-OH is 1. The second-order valence-electron chi connectivity index (χ2n) is 5.99. The first-order chi connectivity index (χ1) is 9.26. The summed E-state index contributed by atoms with van der Waals surface area (Å²) in [4.78, 5) is 11.7. The first-order valence-corrected chi connectivity index (χ1v) is 8.13. The standard InChI is InChI=1S/C16H31NO2/c1-2-14(11-12-18)13-17-16(19)10-6-9-15-7-4-3-5-8-15/h14-15,18H,2-13H2,1H3,(H,17,19). The molecular weight excluding hydrogens is 238 g/mol. The van der Waals surface area contributed by atoms with Gasteiger partial charge in [-0.1, -0.05) is 45.4 Å². The molecule has 0 spiro atoms. The summed E-state index contributed by atoms with van der Waals surface area (Å²) in [6.45, 7) is 3.05. The molecule has 1 fully saturated rings. The molecule has 0 aromatic rings. The Morgan fingerprint density at radius 2 is 2.05 bits per heavy atom. The Balaban J connectivity index is 2.03. The summed E-state index contributed by atoms with van der Waals surface area (Å²) in [7, 11) is 0. The van der Waals surface area contributed by atoms with Crippen molar-refractivity contribution < 1.29 is 9.90 Å². The van der Waals surface area contributed by atoms with Crippen LogP contribution in [0.4, 0.5) is 0 Å². The van der Waals surface area contributed by atoms with E-state index in [0.29, 0.717) is 12.3 Å². The zero-order valence-corrected chi connectivity index (χ0v) is 12.5. The molecule has 1 aliphatic rings. The molecule has 0 radical (unpaired) electrons. The zero-order valence-electron chi connectivity index (χ0n) is 12.5. The van der Waals surface area contributed by atoms with Crippen LogP contribution in [0.25, 0.3) is 0 Å². The molecule has 1 saturated carbocycles. The quantitative estimate of drug-likeness (QED) is 0.675. The largest absolute Gasteiger partial charge is 0.396 e. The van der Waals surface area contributed by atoms with Crippen molar-refractivity contribution in [3.8, 4) is 0 Å². The van der Waals surface area contributed by atoms with Crippen LogP contribution in [0, 0.1) is 11.8 Å². The fraction of sp³-hybridized carbons (Fsp3) is 0.938. The number of hydrogen-bond donors (Lipinski definition) is 2. The summed E-state index contributed by atoms with van der Waals surface area (Å²) in [5.41, 5.74) is 0. The highest BCUT2D eigenvalue weighted by Crippen LogP contribution is 2.27. The summed E-state index contributed by atoms with van der Waals surface area (Å²) in [5, 5.41) is 11.9. The lowest BCUT2D eigenvalue weighted by molar-refractivity contribution is -0.121. The number of carbonyl (C=O) groups is 1. The molecule has 0 aromatic heterocycles. The van der Waals surface area contributed by atoms with Gasteiger partial charge in [0.1, 0.15) is 0 Å². The van der Waals surface area contributed by atoms with Crippen molar-refractivity contribution in [3.63, 3.8) is 0 Å². The third-order valence-corrected chi connectivity index (χ3v) is 4.44. The SMILES string of the molecule is CCC(CCO)CNC(=O)CCCC1CCCCC1. The van der Waals surface area contributed by atoms with E-state index in [1.165, 1.54) is 38.5 Å². The highest BCUT2D eigenvalue weighted by Gasteiger charge is 2.14. The molecule has 3 heteroatoms. The second kappa shape index (κ2) is 10.2. The van der Waals surface area contributed by atoms with E-state index >= 15 is 0 Å². The Kier molecular flexibility index (Phi) is 8.89. The van der Waals surface area contributed by atoms with Gasteiger partial charge < -0.3 is 10.4 Å². The Labute approximate surface area is 118 Å². The van der Waals surface area contributed by atoms with Crippen LogP contribution in [-0.2, 0) is 4.79 Å². The minimum Gasteiger partial charge on any atom is -0.396 e. The van der Waals surface area contributed by atoms with E-state index in [2.05, 4.69) is 12.2 Å². The second-order valence-corrected chi connectivity index (χ2v) is 5.99. The van der Waals surface area contributed by atoms with Crippen LogP contribution in [0.15, 0.2) is 0 Å². The van der Waals surface area contributed by atoms with Crippen molar-refractivity contribution in [3.05, 3.63) is 0 Å². The van der Waals surface area contributed by atoms with Crippen LogP contribution in [0.3, 0.4) is 0 Å². The number of carbonyl (C=O) groups excluding carboxylic acids is 1. The van der Waals surface area contributed by atoms with Crippen molar-refractivity contribution in [2.24, 2.45) is 11.8 Å². The lowest BCUT2D eigenvalue weighted by Crippen LogP contribution is -2.29. The fourth-order valence-electron chi connectivity index (χ4n) is 3.01. The van der Waals surface area contributed by atoms with E-state index in [0.717, 1.165) is 31.7 Å². The van der Waals surface area contributed by atoms with Crippen molar-refractivity contribution in [1.82, 2.24) is 5.32 Å². The highest BCUT2D eigenvalue weighted by atomic mass is 16.3. The molecule has 0 saturated heterocycles. The Bertz CT molecular complexity index is 237. The first kappa shape index (κ1) is 16.5. The molecule has 1 unspecified atom stereocenters. The maximum absolute atomic E-state index is 11.7. The van der Waals surface area contributed by atoms with Gasteiger partial charge in [-0.2, -0.15) is 0 Å². The number of rotatable bonds is 9. The molecule has 0 aromatic carbocycles. The lowest BCUT2D eigenvalue weighted by Gasteiger charge is -2.21. The predicted octanol–water partition coefficient (Wildman–Crippen LogP) is 3.26. The summed E-state index contributed by atoms with van der Waals surface area (Å²) >= 11 is 0. The summed E-state index contributed by atoms with van der Waals surface area (Å²) in [6, 6.07) is 0. The molecule has 19 heavy (non-hydrogen) atoms. The predicted molar refractivity (Wildman–Crippen MR) is 78.9 cm³/mol. The summed E-state index contributed by atoms with van der Waals surface area (Å²) in [5.74, 6) is 1.49. The maximum Gasteiger partial charge on any atom is 0.220 e. The first-order valence-electron chi connectivity index (χ1n) is 8.13. The fourth-order valence-corrected chi connectivity index (χ4v) is 3.01. The zero-order chi connectivity index (χ0) is 13.9. The van der Waals surface area contributed by atoms with E-state index in [1.54, 1.807) is 0 Å². The van der Waals surface area contributed by atoms with Gasteiger partial charge in [-0.05, 0) is 31.1 Å². The summed E-state index contributed by atoms with van der Waals surface area (Å²) < 4.78 is 0. The van der Waals surface area contributed by atoms with Crippen molar-refractivity contribution >= 4 is 5.91 Å². The van der Waals surface area contributed by atoms with Crippen LogP contribution in [0.1, 0.15) is 71.1 Å². The molecule has 0 aliphatic heterocycles. The maximum atomic E-state index is 11.7. The third-order valence-electron chi connectivity index (χ3n) is 4.44. The number of amides is 1. The molecule has 0 heterocycles. The Morgan fingerprint density at radius 1 is 1.32 bits per heavy atom. The highest BCUT2D eigenvalue weighted by molar-refractivity contribution is 5.75. The van der Waals surface area contributed by atoms with Gasteiger partial charge in [0.15, 0.2) is 0 Å². The molecule has 1 atom stereocenters. The topological polar surface area (TPSA) is 49.3 Å². The average Bonchev–Trinajstić information content (AvgIpc) is 2.44. The molecule has 1 aliphatic carbocycles. The molecular formula is C16H31NO2. The Morgan fingerprint density at radius 3 is 2.68 bits per heavy atom. The third kappa shape index (κ3) is 7.56. The van der Waals surface area contributed by atoms with Crippen molar-refractivity contribution in [1.29, 1.82) is 0 Å².